The van der Waals surface area contributed by atoms with Gasteiger partial charge in [0.1, 0.15) is 11.7 Å². The van der Waals surface area contributed by atoms with E-state index in [1.54, 1.807) is 12.3 Å². The van der Waals surface area contributed by atoms with E-state index in [0.29, 0.717) is 11.4 Å². The molecule has 0 unspecified atom stereocenters. The Morgan fingerprint density at radius 2 is 2.19 bits per heavy atom. The van der Waals surface area contributed by atoms with E-state index in [0.717, 1.165) is 18.4 Å². The molecule has 1 aromatic rings. The lowest BCUT2D eigenvalue weighted by Gasteiger charge is -2.14. The van der Waals surface area contributed by atoms with Gasteiger partial charge in [-0.15, -0.1) is 0 Å². The van der Waals surface area contributed by atoms with Gasteiger partial charge in [-0.2, -0.15) is 0 Å². The van der Waals surface area contributed by atoms with Crippen molar-refractivity contribution in [1.29, 1.82) is 0 Å². The predicted octanol–water partition coefficient (Wildman–Crippen LogP) is 1.81. The van der Waals surface area contributed by atoms with Crippen LogP contribution in [0.25, 0.3) is 0 Å². The number of primary amides is 1. The normalized spacial score (nSPS) is 16.3. The first kappa shape index (κ1) is 10.9. The van der Waals surface area contributed by atoms with E-state index in [-0.39, 0.29) is 6.10 Å². The molecule has 0 spiro atoms. The lowest BCUT2D eigenvalue weighted by Crippen LogP contribution is -2.18. The minimum Gasteiger partial charge on any atom is -0.474 e. The molecule has 2 N–H and O–H groups in total. The molecule has 4 nitrogen and oxygen atoms in total. The van der Waals surface area contributed by atoms with E-state index in [1.165, 1.54) is 12.8 Å². The Bertz CT molecular complexity index is 398. The Balaban J connectivity index is 2.21. The zero-order chi connectivity index (χ0) is 11.5. The average molecular weight is 220 g/mol. The van der Waals surface area contributed by atoms with Crippen LogP contribution in [0.1, 0.15) is 41.6 Å². The number of aryl methyl sites for hydroxylation is 1. The van der Waals surface area contributed by atoms with Crippen LogP contribution in [0.4, 0.5) is 0 Å². The second-order valence-corrected chi connectivity index (χ2v) is 4.25. The molecule has 0 saturated heterocycles. The van der Waals surface area contributed by atoms with Crippen LogP contribution in [-0.2, 0) is 0 Å². The molecule has 1 aromatic heterocycles. The quantitative estimate of drug-likeness (QED) is 0.844. The van der Waals surface area contributed by atoms with Crippen LogP contribution in [0.15, 0.2) is 12.3 Å². The average Bonchev–Trinajstić information content (AvgIpc) is 2.73. The van der Waals surface area contributed by atoms with Crippen LogP contribution in [0, 0.1) is 6.92 Å². The summed E-state index contributed by atoms with van der Waals surface area (Å²) in [5, 5.41) is 0. The van der Waals surface area contributed by atoms with Gasteiger partial charge in [0, 0.05) is 6.20 Å². The summed E-state index contributed by atoms with van der Waals surface area (Å²) in [7, 11) is 0. The molecule has 1 aliphatic carbocycles. The molecule has 0 aromatic carbocycles. The molecule has 86 valence electrons. The number of ether oxygens (including phenoxy) is 1. The summed E-state index contributed by atoms with van der Waals surface area (Å²) in [6, 6.07) is 1.72. The van der Waals surface area contributed by atoms with Crippen molar-refractivity contribution in [1.82, 2.24) is 4.98 Å². The number of nitrogens with zero attached hydrogens (tertiary/aromatic N) is 1. The highest BCUT2D eigenvalue weighted by Crippen LogP contribution is 2.25. The van der Waals surface area contributed by atoms with Crippen molar-refractivity contribution in [3.8, 4) is 5.88 Å². The van der Waals surface area contributed by atoms with Gasteiger partial charge in [-0.1, -0.05) is 0 Å². The minimum atomic E-state index is -0.482. The Hall–Kier alpha value is -1.58. The van der Waals surface area contributed by atoms with Crippen LogP contribution in [-0.4, -0.2) is 17.0 Å². The molecular weight excluding hydrogens is 204 g/mol. The van der Waals surface area contributed by atoms with Gasteiger partial charge in [0.25, 0.3) is 5.91 Å². The molecule has 0 radical (unpaired) electrons. The third-order valence-electron chi connectivity index (χ3n) is 2.83. The number of amides is 1. The number of aromatic nitrogens is 1. The summed E-state index contributed by atoms with van der Waals surface area (Å²) in [5.41, 5.74) is 6.59. The third-order valence-corrected chi connectivity index (χ3v) is 2.83. The molecule has 4 heteroatoms. The van der Waals surface area contributed by atoms with Crippen LogP contribution >= 0.6 is 0 Å². The molecule has 1 aliphatic rings. The molecule has 16 heavy (non-hydrogen) atoms. The Labute approximate surface area is 94.8 Å². The van der Waals surface area contributed by atoms with E-state index in [9.17, 15) is 4.79 Å². The Morgan fingerprint density at radius 3 is 2.81 bits per heavy atom. The Morgan fingerprint density at radius 1 is 1.50 bits per heavy atom. The summed E-state index contributed by atoms with van der Waals surface area (Å²) in [4.78, 5) is 15.4. The number of carbonyl (C=O) groups is 1. The molecule has 1 fully saturated rings. The maximum absolute atomic E-state index is 11.2. The van der Waals surface area contributed by atoms with E-state index in [1.807, 2.05) is 6.92 Å². The van der Waals surface area contributed by atoms with E-state index < -0.39 is 5.91 Å². The fourth-order valence-corrected chi connectivity index (χ4v) is 1.99. The SMILES string of the molecule is Cc1cnc(OC2CCCC2)c(C(N)=O)c1. The second-order valence-electron chi connectivity index (χ2n) is 4.25. The molecule has 0 atom stereocenters. The van der Waals surface area contributed by atoms with Gasteiger partial charge in [-0.3, -0.25) is 4.79 Å². The maximum atomic E-state index is 11.2. The Kier molecular flexibility index (Phi) is 3.08. The highest BCUT2D eigenvalue weighted by Gasteiger charge is 2.20. The number of hydrogen-bond donors (Lipinski definition) is 1. The zero-order valence-corrected chi connectivity index (χ0v) is 9.40. The standard InChI is InChI=1S/C12H16N2O2/c1-8-6-10(11(13)15)12(14-7-8)16-9-4-2-3-5-9/h6-7,9H,2-5H2,1H3,(H2,13,15). The topological polar surface area (TPSA) is 65.2 Å². The first-order valence-electron chi connectivity index (χ1n) is 5.60. The fourth-order valence-electron chi connectivity index (χ4n) is 1.99. The highest BCUT2D eigenvalue weighted by atomic mass is 16.5. The van der Waals surface area contributed by atoms with Crippen molar-refractivity contribution < 1.29 is 9.53 Å². The first-order chi connectivity index (χ1) is 7.66. The minimum absolute atomic E-state index is 0.188. The summed E-state index contributed by atoms with van der Waals surface area (Å²) in [6.45, 7) is 1.87. The number of hydrogen-bond acceptors (Lipinski definition) is 3. The highest BCUT2D eigenvalue weighted by molar-refractivity contribution is 5.95. The van der Waals surface area contributed by atoms with Crippen LogP contribution in [0.3, 0.4) is 0 Å². The summed E-state index contributed by atoms with van der Waals surface area (Å²) in [6.07, 6.45) is 6.32. The van der Waals surface area contributed by atoms with Crippen molar-refractivity contribution in [2.45, 2.75) is 38.7 Å². The second kappa shape index (κ2) is 4.51. The van der Waals surface area contributed by atoms with Crippen LogP contribution in [0.2, 0.25) is 0 Å². The van der Waals surface area contributed by atoms with Crippen molar-refractivity contribution in [3.05, 3.63) is 23.4 Å². The molecule has 0 bridgehead atoms. The van der Waals surface area contributed by atoms with Gasteiger partial charge >= 0.3 is 0 Å². The van der Waals surface area contributed by atoms with E-state index in [2.05, 4.69) is 4.98 Å². The van der Waals surface area contributed by atoms with Crippen molar-refractivity contribution >= 4 is 5.91 Å². The summed E-state index contributed by atoms with van der Waals surface area (Å²) >= 11 is 0. The summed E-state index contributed by atoms with van der Waals surface area (Å²) in [5.74, 6) is -0.103. The first-order valence-corrected chi connectivity index (χ1v) is 5.60. The van der Waals surface area contributed by atoms with Gasteiger partial charge in [0.05, 0.1) is 0 Å². The van der Waals surface area contributed by atoms with Gasteiger partial charge < -0.3 is 10.5 Å². The van der Waals surface area contributed by atoms with Gasteiger partial charge in [-0.05, 0) is 44.2 Å². The van der Waals surface area contributed by atoms with Crippen molar-refractivity contribution in [2.75, 3.05) is 0 Å². The van der Waals surface area contributed by atoms with Crippen LogP contribution < -0.4 is 10.5 Å². The molecule has 2 rings (SSSR count). The molecule has 0 aliphatic heterocycles. The monoisotopic (exact) mass is 220 g/mol. The van der Waals surface area contributed by atoms with Gasteiger partial charge in [0.2, 0.25) is 5.88 Å². The molecule has 1 amide bonds. The number of carbonyl (C=O) groups excluding carboxylic acids is 1. The maximum Gasteiger partial charge on any atom is 0.254 e. The third kappa shape index (κ3) is 2.32. The van der Waals surface area contributed by atoms with E-state index >= 15 is 0 Å². The van der Waals surface area contributed by atoms with Crippen molar-refractivity contribution in [2.24, 2.45) is 5.73 Å². The number of rotatable bonds is 3. The molecule has 1 heterocycles. The molecular formula is C12H16N2O2. The smallest absolute Gasteiger partial charge is 0.254 e. The lowest BCUT2D eigenvalue weighted by atomic mass is 10.2. The number of pyridine rings is 1. The lowest BCUT2D eigenvalue weighted by molar-refractivity contribution is 0.0991. The zero-order valence-electron chi connectivity index (χ0n) is 9.40. The van der Waals surface area contributed by atoms with Crippen LogP contribution in [0.5, 0.6) is 5.88 Å². The number of nitrogens with two attached hydrogens (primary N) is 1. The van der Waals surface area contributed by atoms with Gasteiger partial charge in [-0.25, -0.2) is 4.98 Å². The summed E-state index contributed by atoms with van der Waals surface area (Å²) < 4.78 is 5.71. The predicted molar refractivity (Wildman–Crippen MR) is 60.4 cm³/mol. The fraction of sp³-hybridized carbons (Fsp3) is 0.500. The molecule has 1 saturated carbocycles. The van der Waals surface area contributed by atoms with E-state index in [4.69, 9.17) is 10.5 Å². The largest absolute Gasteiger partial charge is 0.474 e. The van der Waals surface area contributed by atoms with Gasteiger partial charge in [0.15, 0.2) is 0 Å². The van der Waals surface area contributed by atoms with Crippen molar-refractivity contribution in [3.63, 3.8) is 0 Å².